The summed E-state index contributed by atoms with van der Waals surface area (Å²) in [4.78, 5) is 4.67. The third kappa shape index (κ3) is 3.65. The van der Waals surface area contributed by atoms with Crippen molar-refractivity contribution in [3.05, 3.63) is 29.3 Å². The summed E-state index contributed by atoms with van der Waals surface area (Å²) in [5.41, 5.74) is 0.936. The lowest BCUT2D eigenvalue weighted by atomic mass is 10.1. The first-order valence-corrected chi connectivity index (χ1v) is 7.23. The van der Waals surface area contributed by atoms with E-state index in [0.29, 0.717) is 12.0 Å². The van der Waals surface area contributed by atoms with Crippen molar-refractivity contribution in [3.8, 4) is 0 Å². The molecule has 92 valence electrons. The number of nitrogens with one attached hydrogen (secondary N) is 1. The monoisotopic (exact) mass is 268 g/mol. The fourth-order valence-corrected chi connectivity index (χ4v) is 2.98. The van der Waals surface area contributed by atoms with Gasteiger partial charge in [-0.05, 0) is 24.5 Å². The van der Waals surface area contributed by atoms with Gasteiger partial charge in [0.2, 0.25) is 0 Å². The van der Waals surface area contributed by atoms with Crippen molar-refractivity contribution in [1.82, 2.24) is 0 Å². The summed E-state index contributed by atoms with van der Waals surface area (Å²) in [6.07, 6.45) is 1.15. The van der Waals surface area contributed by atoms with E-state index in [4.69, 9.17) is 11.6 Å². The Morgan fingerprint density at radius 3 is 2.94 bits per heavy atom. The molecular formula is C13H17ClN2S. The molecular weight excluding hydrogens is 252 g/mol. The second-order valence-corrected chi connectivity index (χ2v) is 6.05. The minimum Gasteiger partial charge on any atom is -0.334 e. The van der Waals surface area contributed by atoms with E-state index in [1.807, 2.05) is 24.3 Å². The summed E-state index contributed by atoms with van der Waals surface area (Å²) >= 11 is 7.87. The highest BCUT2D eigenvalue weighted by atomic mass is 35.5. The minimum atomic E-state index is 0.449. The summed E-state index contributed by atoms with van der Waals surface area (Å²) in [6.45, 7) is 4.47. The molecule has 4 heteroatoms. The normalized spacial score (nSPS) is 19.5. The molecule has 2 nitrogen and oxygen atoms in total. The molecule has 1 unspecified atom stereocenters. The number of hydrogen-bond donors (Lipinski definition) is 1. The van der Waals surface area contributed by atoms with Gasteiger partial charge in [-0.2, -0.15) is 0 Å². The van der Waals surface area contributed by atoms with Gasteiger partial charge in [0.25, 0.3) is 0 Å². The number of aliphatic imine (C=N–C) groups is 1. The van der Waals surface area contributed by atoms with Crippen molar-refractivity contribution in [3.63, 3.8) is 0 Å². The van der Waals surface area contributed by atoms with Gasteiger partial charge in [-0.3, -0.25) is 4.99 Å². The molecule has 0 saturated heterocycles. The Bertz CT molecular complexity index is 418. The summed E-state index contributed by atoms with van der Waals surface area (Å²) in [7, 11) is 0. The number of rotatable bonds is 3. The molecule has 0 fully saturated rings. The number of halogens is 1. The van der Waals surface area contributed by atoms with Gasteiger partial charge in [0, 0.05) is 5.75 Å². The molecule has 0 amide bonds. The van der Waals surface area contributed by atoms with Gasteiger partial charge < -0.3 is 5.32 Å². The SMILES string of the molecule is CC(C)CC1CSC(Nc2ccccc2Cl)=N1. The highest BCUT2D eigenvalue weighted by molar-refractivity contribution is 8.14. The minimum absolute atomic E-state index is 0.449. The lowest BCUT2D eigenvalue weighted by Gasteiger charge is -2.07. The fourth-order valence-electron chi connectivity index (χ4n) is 1.83. The van der Waals surface area contributed by atoms with E-state index < -0.39 is 0 Å². The molecule has 1 atom stereocenters. The van der Waals surface area contributed by atoms with Crippen LogP contribution in [0.1, 0.15) is 20.3 Å². The van der Waals surface area contributed by atoms with Crippen LogP contribution >= 0.6 is 23.4 Å². The van der Waals surface area contributed by atoms with Crippen LogP contribution in [0.4, 0.5) is 5.69 Å². The Morgan fingerprint density at radius 2 is 2.24 bits per heavy atom. The number of benzene rings is 1. The maximum atomic E-state index is 6.10. The first kappa shape index (κ1) is 12.8. The third-order valence-electron chi connectivity index (χ3n) is 2.57. The maximum Gasteiger partial charge on any atom is 0.161 e. The molecule has 0 bridgehead atoms. The van der Waals surface area contributed by atoms with Crippen LogP contribution in [0.15, 0.2) is 29.3 Å². The number of hydrogen-bond acceptors (Lipinski definition) is 3. The van der Waals surface area contributed by atoms with Crippen LogP contribution in [-0.2, 0) is 0 Å². The Balaban J connectivity index is 1.99. The highest BCUT2D eigenvalue weighted by Crippen LogP contribution is 2.27. The van der Waals surface area contributed by atoms with Gasteiger partial charge in [0.15, 0.2) is 5.17 Å². The van der Waals surface area contributed by atoms with Crippen LogP contribution in [0.25, 0.3) is 0 Å². The second kappa shape index (κ2) is 5.78. The van der Waals surface area contributed by atoms with Crippen molar-refractivity contribution < 1.29 is 0 Å². The smallest absolute Gasteiger partial charge is 0.161 e. The van der Waals surface area contributed by atoms with Crippen molar-refractivity contribution in [2.45, 2.75) is 26.3 Å². The predicted octanol–water partition coefficient (Wildman–Crippen LogP) is 4.27. The molecule has 1 aliphatic heterocycles. The van der Waals surface area contributed by atoms with Crippen molar-refractivity contribution >= 4 is 34.2 Å². The molecule has 0 saturated carbocycles. The average Bonchev–Trinajstić information content (AvgIpc) is 2.68. The standard InChI is InChI=1S/C13H17ClN2S/c1-9(2)7-10-8-17-13(15-10)16-12-6-4-3-5-11(12)14/h3-6,9-10H,7-8H2,1-2H3,(H,15,16). The number of para-hydroxylation sites is 1. The van der Waals surface area contributed by atoms with Gasteiger partial charge in [-0.25, -0.2) is 0 Å². The number of anilines is 1. The summed E-state index contributed by atoms with van der Waals surface area (Å²) in [6, 6.07) is 8.21. The van der Waals surface area contributed by atoms with Crippen LogP contribution in [0, 0.1) is 5.92 Å². The Labute approximate surface area is 112 Å². The lowest BCUT2D eigenvalue weighted by molar-refractivity contribution is 0.529. The van der Waals surface area contributed by atoms with E-state index in [1.165, 1.54) is 0 Å². The van der Waals surface area contributed by atoms with E-state index >= 15 is 0 Å². The first-order chi connectivity index (χ1) is 8.15. The molecule has 0 aliphatic carbocycles. The molecule has 0 aromatic heterocycles. The number of thioether (sulfide) groups is 1. The summed E-state index contributed by atoms with van der Waals surface area (Å²) < 4.78 is 0. The van der Waals surface area contributed by atoms with Crippen molar-refractivity contribution in [2.24, 2.45) is 10.9 Å². The highest BCUT2D eigenvalue weighted by Gasteiger charge is 2.19. The molecule has 1 heterocycles. The van der Waals surface area contributed by atoms with E-state index in [1.54, 1.807) is 11.8 Å². The maximum absolute atomic E-state index is 6.10. The van der Waals surface area contributed by atoms with Crippen LogP contribution in [-0.4, -0.2) is 17.0 Å². The van der Waals surface area contributed by atoms with Gasteiger partial charge in [-0.1, -0.05) is 49.3 Å². The summed E-state index contributed by atoms with van der Waals surface area (Å²) in [5.74, 6) is 1.77. The van der Waals surface area contributed by atoms with Crippen molar-refractivity contribution in [1.29, 1.82) is 0 Å². The molecule has 1 N–H and O–H groups in total. The molecule has 1 aromatic carbocycles. The number of amidine groups is 1. The summed E-state index contributed by atoms with van der Waals surface area (Å²) in [5, 5.41) is 5.02. The van der Waals surface area contributed by atoms with Gasteiger partial charge >= 0.3 is 0 Å². The quantitative estimate of drug-likeness (QED) is 0.885. The largest absolute Gasteiger partial charge is 0.334 e. The molecule has 0 spiro atoms. The second-order valence-electron chi connectivity index (χ2n) is 4.63. The average molecular weight is 269 g/mol. The third-order valence-corrected chi connectivity index (χ3v) is 3.93. The molecule has 17 heavy (non-hydrogen) atoms. The van der Waals surface area contributed by atoms with Gasteiger partial charge in [-0.15, -0.1) is 0 Å². The van der Waals surface area contributed by atoms with Gasteiger partial charge in [0.05, 0.1) is 16.8 Å². The van der Waals surface area contributed by atoms with Gasteiger partial charge in [0.1, 0.15) is 0 Å². The molecule has 1 aliphatic rings. The van der Waals surface area contributed by atoms with Crippen LogP contribution in [0.2, 0.25) is 5.02 Å². The Hall–Kier alpha value is -0.670. The molecule has 1 aromatic rings. The van der Waals surface area contributed by atoms with Crippen LogP contribution in [0.3, 0.4) is 0 Å². The van der Waals surface area contributed by atoms with E-state index in [2.05, 4.69) is 24.2 Å². The zero-order valence-electron chi connectivity index (χ0n) is 10.1. The first-order valence-electron chi connectivity index (χ1n) is 5.87. The van der Waals surface area contributed by atoms with E-state index in [-0.39, 0.29) is 0 Å². The van der Waals surface area contributed by atoms with Crippen LogP contribution < -0.4 is 5.32 Å². The topological polar surface area (TPSA) is 24.4 Å². The Morgan fingerprint density at radius 1 is 1.47 bits per heavy atom. The molecule has 2 rings (SSSR count). The van der Waals surface area contributed by atoms with E-state index in [0.717, 1.165) is 28.1 Å². The van der Waals surface area contributed by atoms with Crippen molar-refractivity contribution in [2.75, 3.05) is 11.1 Å². The zero-order valence-corrected chi connectivity index (χ0v) is 11.7. The molecule has 0 radical (unpaired) electrons. The number of nitrogens with zero attached hydrogens (tertiary/aromatic N) is 1. The van der Waals surface area contributed by atoms with Crippen LogP contribution in [0.5, 0.6) is 0 Å². The Kier molecular flexibility index (Phi) is 4.35. The van der Waals surface area contributed by atoms with E-state index in [9.17, 15) is 0 Å². The predicted molar refractivity (Wildman–Crippen MR) is 78.2 cm³/mol. The lowest BCUT2D eigenvalue weighted by Crippen LogP contribution is -2.08. The zero-order chi connectivity index (χ0) is 12.3. The fraction of sp³-hybridized carbons (Fsp3) is 0.462.